The monoisotopic (exact) mass is 325 g/mol. The normalized spacial score (nSPS) is 15.9. The average Bonchev–Trinajstić information content (AvgIpc) is 2.93. The van der Waals surface area contributed by atoms with Gasteiger partial charge in [0, 0.05) is 17.1 Å². The zero-order valence-corrected chi connectivity index (χ0v) is 14.5. The van der Waals surface area contributed by atoms with Gasteiger partial charge < -0.3 is 9.88 Å². The maximum absolute atomic E-state index is 11.8. The Balaban J connectivity index is 2.06. The van der Waals surface area contributed by atoms with Gasteiger partial charge in [-0.15, -0.1) is 0 Å². The van der Waals surface area contributed by atoms with Gasteiger partial charge in [-0.2, -0.15) is 0 Å². The molecular formula is C18H19N3OS. The Morgan fingerprint density at radius 2 is 1.78 bits per heavy atom. The molecule has 1 aromatic heterocycles. The van der Waals surface area contributed by atoms with Gasteiger partial charge in [-0.05, 0) is 80.9 Å². The standard InChI is InChI=1S/C18H19N3OS/c1-10-5-6-15(7-11(10)2)21-12(3)8-14(13(21)4)9-16-17(22)20-18(23)19-16/h5-9H,1-4H3,(H2,19,20,22,23)/b16-9+. The largest absolute Gasteiger partial charge is 0.328 e. The number of rotatable bonds is 2. The molecule has 2 N–H and O–H groups in total. The summed E-state index contributed by atoms with van der Waals surface area (Å²) in [6, 6.07) is 8.51. The minimum Gasteiger partial charge on any atom is -0.328 e. The van der Waals surface area contributed by atoms with Crippen LogP contribution in [0.15, 0.2) is 30.0 Å². The first-order valence-corrected chi connectivity index (χ1v) is 7.88. The molecule has 0 spiro atoms. The van der Waals surface area contributed by atoms with E-state index in [4.69, 9.17) is 12.2 Å². The number of carbonyl (C=O) groups is 1. The van der Waals surface area contributed by atoms with E-state index in [0.29, 0.717) is 10.8 Å². The molecule has 0 unspecified atom stereocenters. The number of thiocarbonyl (C=S) groups is 1. The molecule has 0 saturated carbocycles. The Morgan fingerprint density at radius 3 is 2.39 bits per heavy atom. The Labute approximate surface area is 141 Å². The van der Waals surface area contributed by atoms with Crippen LogP contribution >= 0.6 is 12.2 Å². The highest BCUT2D eigenvalue weighted by atomic mass is 32.1. The number of amides is 1. The van der Waals surface area contributed by atoms with E-state index < -0.39 is 0 Å². The van der Waals surface area contributed by atoms with Gasteiger partial charge in [-0.3, -0.25) is 10.1 Å². The molecule has 5 heteroatoms. The molecule has 0 aliphatic carbocycles. The van der Waals surface area contributed by atoms with Crippen LogP contribution in [0.25, 0.3) is 11.8 Å². The molecule has 1 amide bonds. The number of benzene rings is 1. The zero-order chi connectivity index (χ0) is 16.7. The third kappa shape index (κ3) is 2.80. The molecule has 118 valence electrons. The number of aryl methyl sites for hydroxylation is 3. The van der Waals surface area contributed by atoms with Crippen LogP contribution < -0.4 is 10.6 Å². The molecule has 2 heterocycles. The SMILES string of the molecule is Cc1ccc(-n2c(C)cc(/C=C3/NC(=S)NC3=O)c2C)cc1C. The predicted octanol–water partition coefficient (Wildman–Crippen LogP) is 3.06. The van der Waals surface area contributed by atoms with E-state index in [0.717, 1.165) is 22.6 Å². The van der Waals surface area contributed by atoms with Gasteiger partial charge in [0.2, 0.25) is 0 Å². The summed E-state index contributed by atoms with van der Waals surface area (Å²) in [5.41, 5.74) is 7.37. The predicted molar refractivity (Wildman–Crippen MR) is 96.6 cm³/mol. The molecule has 0 radical (unpaired) electrons. The number of aromatic nitrogens is 1. The number of carbonyl (C=O) groups excluding carboxylic acids is 1. The van der Waals surface area contributed by atoms with Gasteiger partial charge in [0.25, 0.3) is 5.91 Å². The molecule has 3 rings (SSSR count). The lowest BCUT2D eigenvalue weighted by atomic mass is 10.1. The molecule has 1 aliphatic rings. The summed E-state index contributed by atoms with van der Waals surface area (Å²) < 4.78 is 2.20. The topological polar surface area (TPSA) is 46.1 Å². The lowest BCUT2D eigenvalue weighted by molar-refractivity contribution is -0.115. The second kappa shape index (κ2) is 5.66. The molecule has 2 aromatic rings. The van der Waals surface area contributed by atoms with Crippen LogP contribution in [0, 0.1) is 27.7 Å². The van der Waals surface area contributed by atoms with Crippen LogP contribution in [0.2, 0.25) is 0 Å². The van der Waals surface area contributed by atoms with Crippen molar-refractivity contribution in [2.45, 2.75) is 27.7 Å². The number of hydrogen-bond donors (Lipinski definition) is 2. The van der Waals surface area contributed by atoms with Crippen molar-refractivity contribution >= 4 is 29.3 Å². The summed E-state index contributed by atoms with van der Waals surface area (Å²) in [6.45, 7) is 8.35. The van der Waals surface area contributed by atoms with Gasteiger partial charge in [0.05, 0.1) is 0 Å². The smallest absolute Gasteiger partial charge is 0.273 e. The Bertz CT molecular complexity index is 861. The van der Waals surface area contributed by atoms with Crippen molar-refractivity contribution in [1.29, 1.82) is 0 Å². The summed E-state index contributed by atoms with van der Waals surface area (Å²) in [6.07, 6.45) is 1.84. The van der Waals surface area contributed by atoms with Gasteiger partial charge in [-0.1, -0.05) is 6.07 Å². The van der Waals surface area contributed by atoms with E-state index in [2.05, 4.69) is 67.2 Å². The first kappa shape index (κ1) is 15.5. The summed E-state index contributed by atoms with van der Waals surface area (Å²) >= 11 is 4.97. The highest BCUT2D eigenvalue weighted by Gasteiger charge is 2.21. The van der Waals surface area contributed by atoms with E-state index in [1.165, 1.54) is 11.1 Å². The van der Waals surface area contributed by atoms with Crippen molar-refractivity contribution in [2.24, 2.45) is 0 Å². The number of nitrogens with zero attached hydrogens (tertiary/aromatic N) is 1. The quantitative estimate of drug-likeness (QED) is 0.659. The first-order valence-electron chi connectivity index (χ1n) is 7.47. The van der Waals surface area contributed by atoms with Gasteiger partial charge in [-0.25, -0.2) is 0 Å². The number of hydrogen-bond acceptors (Lipinski definition) is 2. The Kier molecular flexibility index (Phi) is 3.82. The lowest BCUT2D eigenvalue weighted by Crippen LogP contribution is -2.21. The lowest BCUT2D eigenvalue weighted by Gasteiger charge is -2.11. The summed E-state index contributed by atoms with van der Waals surface area (Å²) in [5, 5.41) is 5.82. The van der Waals surface area contributed by atoms with Gasteiger partial charge in [0.15, 0.2) is 5.11 Å². The van der Waals surface area contributed by atoms with Crippen LogP contribution in [0.3, 0.4) is 0 Å². The fourth-order valence-electron chi connectivity index (χ4n) is 2.83. The van der Waals surface area contributed by atoms with Crippen molar-refractivity contribution in [2.75, 3.05) is 0 Å². The molecule has 0 atom stereocenters. The minimum atomic E-state index is -0.189. The van der Waals surface area contributed by atoms with E-state index in [1.807, 2.05) is 6.08 Å². The van der Waals surface area contributed by atoms with Crippen LogP contribution in [0.4, 0.5) is 0 Å². The second-order valence-electron chi connectivity index (χ2n) is 5.90. The molecule has 1 fully saturated rings. The third-order valence-corrected chi connectivity index (χ3v) is 4.44. The highest BCUT2D eigenvalue weighted by molar-refractivity contribution is 7.80. The summed E-state index contributed by atoms with van der Waals surface area (Å²) in [5.74, 6) is -0.189. The van der Waals surface area contributed by atoms with E-state index >= 15 is 0 Å². The fourth-order valence-corrected chi connectivity index (χ4v) is 3.04. The molecule has 0 bridgehead atoms. The van der Waals surface area contributed by atoms with Crippen molar-refractivity contribution in [1.82, 2.24) is 15.2 Å². The average molecular weight is 325 g/mol. The van der Waals surface area contributed by atoms with Crippen molar-refractivity contribution in [3.05, 3.63) is 58.0 Å². The van der Waals surface area contributed by atoms with Crippen LogP contribution in [-0.2, 0) is 4.79 Å². The maximum atomic E-state index is 11.8. The van der Waals surface area contributed by atoms with Crippen molar-refractivity contribution in [3.8, 4) is 5.69 Å². The minimum absolute atomic E-state index is 0.189. The van der Waals surface area contributed by atoms with Crippen molar-refractivity contribution < 1.29 is 4.79 Å². The third-order valence-electron chi connectivity index (χ3n) is 4.24. The highest BCUT2D eigenvalue weighted by Crippen LogP contribution is 2.24. The Morgan fingerprint density at radius 1 is 1.04 bits per heavy atom. The second-order valence-corrected chi connectivity index (χ2v) is 6.30. The number of nitrogens with one attached hydrogen (secondary N) is 2. The first-order chi connectivity index (χ1) is 10.9. The molecule has 1 aromatic carbocycles. The van der Waals surface area contributed by atoms with Crippen LogP contribution in [-0.4, -0.2) is 15.6 Å². The summed E-state index contributed by atoms with van der Waals surface area (Å²) in [4.78, 5) is 11.8. The Hall–Kier alpha value is -2.40. The molecular weight excluding hydrogens is 306 g/mol. The molecule has 4 nitrogen and oxygen atoms in total. The van der Waals surface area contributed by atoms with E-state index in [9.17, 15) is 4.79 Å². The maximum Gasteiger partial charge on any atom is 0.273 e. The van der Waals surface area contributed by atoms with E-state index in [-0.39, 0.29) is 5.91 Å². The van der Waals surface area contributed by atoms with Gasteiger partial charge in [0.1, 0.15) is 5.70 Å². The molecule has 1 saturated heterocycles. The van der Waals surface area contributed by atoms with Crippen LogP contribution in [0.1, 0.15) is 28.1 Å². The van der Waals surface area contributed by atoms with Gasteiger partial charge >= 0.3 is 0 Å². The zero-order valence-electron chi connectivity index (χ0n) is 13.7. The fraction of sp³-hybridized carbons (Fsp3) is 0.222. The van der Waals surface area contributed by atoms with E-state index in [1.54, 1.807) is 0 Å². The molecule has 1 aliphatic heterocycles. The molecule has 23 heavy (non-hydrogen) atoms. The summed E-state index contributed by atoms with van der Waals surface area (Å²) in [7, 11) is 0. The van der Waals surface area contributed by atoms with Crippen LogP contribution in [0.5, 0.6) is 0 Å². The van der Waals surface area contributed by atoms with Crippen molar-refractivity contribution in [3.63, 3.8) is 0 Å².